The number of carbonyl (C=O) groups is 1. The number of oxazole rings is 1. The first-order valence-electron chi connectivity index (χ1n) is 7.65. The highest BCUT2D eigenvalue weighted by Crippen LogP contribution is 2.14. The molecule has 3 rings (SSSR count). The summed E-state index contributed by atoms with van der Waals surface area (Å²) in [5.41, 5.74) is 3.16. The summed E-state index contributed by atoms with van der Waals surface area (Å²) in [5, 5.41) is 2.89. The molecule has 1 heterocycles. The van der Waals surface area contributed by atoms with Crippen molar-refractivity contribution in [1.82, 2.24) is 10.3 Å². The van der Waals surface area contributed by atoms with Crippen LogP contribution in [0.5, 0.6) is 5.75 Å². The van der Waals surface area contributed by atoms with Crippen LogP contribution in [0.15, 0.2) is 51.7 Å². The van der Waals surface area contributed by atoms with E-state index in [2.05, 4.69) is 10.3 Å². The second-order valence-electron chi connectivity index (χ2n) is 5.47. The molecule has 0 aliphatic carbocycles. The van der Waals surface area contributed by atoms with Crippen LogP contribution in [0.1, 0.15) is 17.5 Å². The van der Waals surface area contributed by atoms with Crippen LogP contribution in [0.25, 0.3) is 11.1 Å². The van der Waals surface area contributed by atoms with Gasteiger partial charge in [-0.25, -0.2) is 4.79 Å². The number of amides is 1. The Morgan fingerprint density at radius 1 is 1.17 bits per heavy atom. The molecule has 6 heteroatoms. The standard InChI is InChI=1S/C18H18N2O4/c1-23-14-6-2-13(3-7-14)11-19-17(21)9-5-12-4-8-16-15(10-12)20-18(22)24-16/h2-4,6-8,10H,5,9,11H2,1H3,(H,19,21)(H,20,22). The number of aryl methyl sites for hydroxylation is 1. The highest BCUT2D eigenvalue weighted by molar-refractivity contribution is 5.77. The smallest absolute Gasteiger partial charge is 0.417 e. The fraction of sp³-hybridized carbons (Fsp3) is 0.222. The van der Waals surface area contributed by atoms with Crippen molar-refractivity contribution in [2.45, 2.75) is 19.4 Å². The third-order valence-electron chi connectivity index (χ3n) is 3.77. The molecule has 0 unspecified atom stereocenters. The van der Waals surface area contributed by atoms with Crippen molar-refractivity contribution in [3.8, 4) is 5.75 Å². The van der Waals surface area contributed by atoms with E-state index >= 15 is 0 Å². The quantitative estimate of drug-likeness (QED) is 0.728. The van der Waals surface area contributed by atoms with Gasteiger partial charge in [0.25, 0.3) is 0 Å². The van der Waals surface area contributed by atoms with Gasteiger partial charge < -0.3 is 14.5 Å². The van der Waals surface area contributed by atoms with Crippen LogP contribution >= 0.6 is 0 Å². The zero-order valence-electron chi connectivity index (χ0n) is 13.3. The minimum absolute atomic E-state index is 0.0217. The van der Waals surface area contributed by atoms with Gasteiger partial charge in [-0.2, -0.15) is 0 Å². The van der Waals surface area contributed by atoms with E-state index in [4.69, 9.17) is 9.15 Å². The SMILES string of the molecule is COc1ccc(CNC(=O)CCc2ccc3oc(=O)[nH]c3c2)cc1. The number of H-pyrrole nitrogens is 1. The maximum absolute atomic E-state index is 12.0. The van der Waals surface area contributed by atoms with Gasteiger partial charge in [0.2, 0.25) is 5.91 Å². The molecule has 0 spiro atoms. The molecule has 0 bridgehead atoms. The Balaban J connectivity index is 1.51. The van der Waals surface area contributed by atoms with Crippen molar-refractivity contribution in [3.63, 3.8) is 0 Å². The van der Waals surface area contributed by atoms with E-state index in [0.717, 1.165) is 16.9 Å². The molecular weight excluding hydrogens is 308 g/mol. The number of hydrogen-bond acceptors (Lipinski definition) is 4. The summed E-state index contributed by atoms with van der Waals surface area (Å²) in [6.45, 7) is 0.483. The first-order valence-corrected chi connectivity index (χ1v) is 7.65. The molecule has 124 valence electrons. The van der Waals surface area contributed by atoms with E-state index in [-0.39, 0.29) is 5.91 Å². The van der Waals surface area contributed by atoms with Gasteiger partial charge >= 0.3 is 5.76 Å². The predicted octanol–water partition coefficient (Wildman–Crippen LogP) is 2.38. The first kappa shape index (κ1) is 15.9. The van der Waals surface area contributed by atoms with Gasteiger partial charge in [-0.05, 0) is 41.8 Å². The van der Waals surface area contributed by atoms with Crippen molar-refractivity contribution < 1.29 is 13.9 Å². The Morgan fingerprint density at radius 3 is 2.67 bits per heavy atom. The summed E-state index contributed by atoms with van der Waals surface area (Å²) < 4.78 is 10.1. The van der Waals surface area contributed by atoms with Gasteiger partial charge in [-0.1, -0.05) is 18.2 Å². The van der Waals surface area contributed by atoms with Crippen LogP contribution in [0.3, 0.4) is 0 Å². The molecule has 2 N–H and O–H groups in total. The molecule has 0 aliphatic rings. The van der Waals surface area contributed by atoms with Crippen LogP contribution in [0, 0.1) is 0 Å². The number of aromatic nitrogens is 1. The number of carbonyl (C=O) groups excluding carboxylic acids is 1. The van der Waals surface area contributed by atoms with E-state index < -0.39 is 5.76 Å². The van der Waals surface area contributed by atoms with Gasteiger partial charge in [0.15, 0.2) is 5.58 Å². The van der Waals surface area contributed by atoms with Crippen LogP contribution in [0.2, 0.25) is 0 Å². The third kappa shape index (κ3) is 3.84. The number of benzene rings is 2. The van der Waals surface area contributed by atoms with Gasteiger partial charge in [0.05, 0.1) is 12.6 Å². The summed E-state index contributed by atoms with van der Waals surface area (Å²) in [5.74, 6) is 0.295. The van der Waals surface area contributed by atoms with Crippen LogP contribution in [0.4, 0.5) is 0 Å². The van der Waals surface area contributed by atoms with Crippen molar-refractivity contribution in [3.05, 3.63) is 64.1 Å². The second-order valence-corrected chi connectivity index (χ2v) is 5.47. The summed E-state index contributed by atoms with van der Waals surface area (Å²) in [7, 11) is 1.62. The Kier molecular flexibility index (Phi) is 4.65. The van der Waals surface area contributed by atoms with E-state index in [1.165, 1.54) is 0 Å². The maximum Gasteiger partial charge on any atom is 0.417 e. The maximum atomic E-state index is 12.0. The molecule has 3 aromatic rings. The van der Waals surface area contributed by atoms with E-state index in [9.17, 15) is 9.59 Å². The van der Waals surface area contributed by atoms with Gasteiger partial charge in [0.1, 0.15) is 5.75 Å². The number of rotatable bonds is 6. The molecule has 0 atom stereocenters. The van der Waals surface area contributed by atoms with Crippen molar-refractivity contribution >= 4 is 17.0 Å². The minimum Gasteiger partial charge on any atom is -0.497 e. The normalized spacial score (nSPS) is 10.7. The number of fused-ring (bicyclic) bond motifs is 1. The first-order chi connectivity index (χ1) is 11.6. The molecular formula is C18H18N2O4. The van der Waals surface area contributed by atoms with Crippen LogP contribution in [-0.4, -0.2) is 18.0 Å². The topological polar surface area (TPSA) is 84.3 Å². The largest absolute Gasteiger partial charge is 0.497 e. The van der Waals surface area contributed by atoms with Crippen molar-refractivity contribution in [2.24, 2.45) is 0 Å². The molecule has 0 saturated heterocycles. The lowest BCUT2D eigenvalue weighted by molar-refractivity contribution is -0.121. The third-order valence-corrected chi connectivity index (χ3v) is 3.77. The average molecular weight is 326 g/mol. The molecule has 6 nitrogen and oxygen atoms in total. The molecule has 0 aliphatic heterocycles. The van der Waals surface area contributed by atoms with Gasteiger partial charge in [-0.15, -0.1) is 0 Å². The molecule has 24 heavy (non-hydrogen) atoms. The lowest BCUT2D eigenvalue weighted by Crippen LogP contribution is -2.22. The van der Waals surface area contributed by atoms with Gasteiger partial charge in [-0.3, -0.25) is 9.78 Å². The Hall–Kier alpha value is -3.02. The molecule has 2 aromatic carbocycles. The highest BCUT2D eigenvalue weighted by atomic mass is 16.5. The Labute approximate surface area is 138 Å². The average Bonchev–Trinajstić information content (AvgIpc) is 2.97. The molecule has 1 aromatic heterocycles. The van der Waals surface area contributed by atoms with Gasteiger partial charge in [0, 0.05) is 13.0 Å². The summed E-state index contributed by atoms with van der Waals surface area (Å²) in [6.07, 6.45) is 0.974. The fourth-order valence-electron chi connectivity index (χ4n) is 2.44. The van der Waals surface area contributed by atoms with Crippen LogP contribution in [-0.2, 0) is 17.8 Å². The number of aromatic amines is 1. The predicted molar refractivity (Wildman–Crippen MR) is 90.0 cm³/mol. The molecule has 0 saturated carbocycles. The fourth-order valence-corrected chi connectivity index (χ4v) is 2.44. The monoisotopic (exact) mass is 326 g/mol. The summed E-state index contributed by atoms with van der Waals surface area (Å²) in [4.78, 5) is 25.7. The second kappa shape index (κ2) is 7.04. The lowest BCUT2D eigenvalue weighted by Gasteiger charge is -2.06. The van der Waals surface area contributed by atoms with Crippen molar-refractivity contribution in [2.75, 3.05) is 7.11 Å². The van der Waals surface area contributed by atoms with Crippen molar-refractivity contribution in [1.29, 1.82) is 0 Å². The number of methoxy groups -OCH3 is 1. The Bertz CT molecular complexity index is 893. The van der Waals surface area contributed by atoms with E-state index in [1.807, 2.05) is 36.4 Å². The highest BCUT2D eigenvalue weighted by Gasteiger charge is 2.05. The molecule has 0 radical (unpaired) electrons. The summed E-state index contributed by atoms with van der Waals surface area (Å²) in [6, 6.07) is 13.0. The zero-order valence-corrected chi connectivity index (χ0v) is 13.3. The Morgan fingerprint density at radius 2 is 1.92 bits per heavy atom. The van der Waals surface area contributed by atoms with E-state index in [0.29, 0.717) is 30.5 Å². The lowest BCUT2D eigenvalue weighted by atomic mass is 10.1. The number of nitrogens with one attached hydrogen (secondary N) is 2. The molecule has 0 fully saturated rings. The summed E-state index contributed by atoms with van der Waals surface area (Å²) >= 11 is 0. The van der Waals surface area contributed by atoms with E-state index in [1.54, 1.807) is 13.2 Å². The van der Waals surface area contributed by atoms with Crippen LogP contribution < -0.4 is 15.8 Å². The zero-order chi connectivity index (χ0) is 16.9. The number of ether oxygens (including phenoxy) is 1. The minimum atomic E-state index is -0.473. The number of hydrogen-bond donors (Lipinski definition) is 2. The molecule has 1 amide bonds.